The molecule has 2 aliphatic heterocycles. The number of anilines is 2. The zero-order valence-electron chi connectivity index (χ0n) is 21.6. The van der Waals surface area contributed by atoms with Crippen LogP contribution in [-0.4, -0.2) is 28.6 Å². The molecular weight excluding hydrogens is 484 g/mol. The molecule has 2 aliphatic rings. The maximum atomic E-state index is 5.90. The van der Waals surface area contributed by atoms with E-state index in [2.05, 4.69) is 22.3 Å². The molecule has 0 saturated carbocycles. The number of rotatable bonds is 4. The topological polar surface area (TPSA) is 67.0 Å². The number of nitrogens with zero attached hydrogens (tertiary/aromatic N) is 5. The van der Waals surface area contributed by atoms with E-state index in [9.17, 15) is 0 Å². The fourth-order valence-electron chi connectivity index (χ4n) is 5.39. The first kappa shape index (κ1) is 23.0. The van der Waals surface area contributed by atoms with E-state index < -0.39 is 0 Å². The Labute approximate surface area is 226 Å². The Morgan fingerprint density at radius 3 is 2.26 bits per heavy atom. The number of nitrogens with one attached hydrogen (secondary N) is 1. The van der Waals surface area contributed by atoms with Crippen LogP contribution in [-0.2, 0) is 0 Å². The average molecular weight is 511 g/mol. The molecule has 39 heavy (non-hydrogen) atoms. The van der Waals surface area contributed by atoms with Gasteiger partial charge in [-0.2, -0.15) is 5.10 Å². The predicted octanol–water partition coefficient (Wildman–Crippen LogP) is 6.98. The lowest BCUT2D eigenvalue weighted by Gasteiger charge is -2.41. The van der Waals surface area contributed by atoms with Crippen LogP contribution < -0.4 is 15.0 Å². The van der Waals surface area contributed by atoms with Crippen molar-refractivity contribution in [2.75, 3.05) is 17.3 Å². The third-order valence-corrected chi connectivity index (χ3v) is 7.11. The summed E-state index contributed by atoms with van der Waals surface area (Å²) in [5.74, 6) is 2.98. The van der Waals surface area contributed by atoms with Gasteiger partial charge < -0.3 is 15.0 Å². The summed E-state index contributed by atoms with van der Waals surface area (Å²) in [4.78, 5) is 12.6. The minimum Gasteiger partial charge on any atom is -0.496 e. The molecule has 1 N–H and O–H groups in total. The first-order valence-electron chi connectivity index (χ1n) is 12.9. The van der Waals surface area contributed by atoms with Crippen LogP contribution in [0.1, 0.15) is 22.9 Å². The van der Waals surface area contributed by atoms with Crippen molar-refractivity contribution in [3.05, 3.63) is 126 Å². The standard InChI is InChI=1S/C32H26N6O/c1-21-28-29(24-17-9-12-20-27(24)39-2)37-26-19-11-10-18-25(26)34-30(33-22-13-5-3-6-14-22)32(37)35-31(28)38(36-21)23-15-7-4-8-16-23/h3-20,29H,1-2H3,(H,33,34)/t29-/m0/s1. The van der Waals surface area contributed by atoms with Crippen LogP contribution in [0.25, 0.3) is 5.69 Å². The van der Waals surface area contributed by atoms with Gasteiger partial charge >= 0.3 is 0 Å². The Morgan fingerprint density at radius 2 is 1.46 bits per heavy atom. The van der Waals surface area contributed by atoms with Gasteiger partial charge in [0.2, 0.25) is 0 Å². The molecule has 0 amide bonds. The van der Waals surface area contributed by atoms with Gasteiger partial charge in [0.15, 0.2) is 17.5 Å². The normalized spacial score (nSPS) is 15.4. The SMILES string of the molecule is COc1ccccc1[C@H]1c2c(C)nn(-c3ccccc3)c2N=C2C(Nc3ccccc3)=Nc3ccccc3N21. The summed E-state index contributed by atoms with van der Waals surface area (Å²) in [5, 5.41) is 8.53. The van der Waals surface area contributed by atoms with Gasteiger partial charge in [0.1, 0.15) is 5.75 Å². The molecule has 5 aromatic rings. The summed E-state index contributed by atoms with van der Waals surface area (Å²) in [6.45, 7) is 2.05. The van der Waals surface area contributed by atoms with Crippen molar-refractivity contribution >= 4 is 34.6 Å². The largest absolute Gasteiger partial charge is 0.496 e. The molecule has 1 atom stereocenters. The van der Waals surface area contributed by atoms with Gasteiger partial charge in [0, 0.05) is 16.8 Å². The molecule has 0 saturated heterocycles. The number of amidine groups is 2. The molecule has 0 aliphatic carbocycles. The molecular formula is C32H26N6O. The van der Waals surface area contributed by atoms with Gasteiger partial charge in [-0.3, -0.25) is 0 Å². The lowest BCUT2D eigenvalue weighted by Crippen LogP contribution is -2.46. The molecule has 0 fully saturated rings. The molecule has 190 valence electrons. The summed E-state index contributed by atoms with van der Waals surface area (Å²) in [7, 11) is 1.71. The van der Waals surface area contributed by atoms with E-state index >= 15 is 0 Å². The van der Waals surface area contributed by atoms with E-state index in [0.29, 0.717) is 5.84 Å². The number of aliphatic imine (C=N–C) groups is 2. The highest BCUT2D eigenvalue weighted by Crippen LogP contribution is 2.49. The second kappa shape index (κ2) is 9.29. The molecule has 7 heteroatoms. The van der Waals surface area contributed by atoms with Crippen LogP contribution >= 0.6 is 0 Å². The van der Waals surface area contributed by atoms with Crippen molar-refractivity contribution in [3.63, 3.8) is 0 Å². The first-order valence-corrected chi connectivity index (χ1v) is 12.9. The van der Waals surface area contributed by atoms with E-state index in [0.717, 1.165) is 57.0 Å². The summed E-state index contributed by atoms with van der Waals surface area (Å²) in [5.41, 5.74) is 6.69. The van der Waals surface area contributed by atoms with Gasteiger partial charge in [0.25, 0.3) is 0 Å². The van der Waals surface area contributed by atoms with E-state index in [1.807, 2.05) is 109 Å². The van der Waals surface area contributed by atoms with Crippen LogP contribution in [0.2, 0.25) is 0 Å². The van der Waals surface area contributed by atoms with Crippen molar-refractivity contribution in [1.82, 2.24) is 9.78 Å². The molecule has 0 unspecified atom stereocenters. The number of aryl methyl sites for hydroxylation is 1. The predicted molar refractivity (Wildman–Crippen MR) is 156 cm³/mol. The van der Waals surface area contributed by atoms with Crippen LogP contribution in [0.15, 0.2) is 119 Å². The van der Waals surface area contributed by atoms with Crippen molar-refractivity contribution < 1.29 is 4.74 Å². The number of ether oxygens (including phenoxy) is 1. The number of methoxy groups -OCH3 is 1. The Hall–Kier alpha value is -5.17. The average Bonchev–Trinajstić information content (AvgIpc) is 3.33. The second-order valence-electron chi connectivity index (χ2n) is 9.46. The molecule has 7 nitrogen and oxygen atoms in total. The van der Waals surface area contributed by atoms with Crippen LogP contribution in [0, 0.1) is 6.92 Å². The van der Waals surface area contributed by atoms with E-state index in [-0.39, 0.29) is 6.04 Å². The quantitative estimate of drug-likeness (QED) is 0.283. The fourth-order valence-corrected chi connectivity index (χ4v) is 5.39. The monoisotopic (exact) mass is 510 g/mol. The first-order chi connectivity index (χ1) is 19.2. The number of para-hydroxylation sites is 5. The molecule has 0 radical (unpaired) electrons. The molecule has 3 heterocycles. The van der Waals surface area contributed by atoms with Crippen molar-refractivity contribution in [1.29, 1.82) is 0 Å². The molecule has 0 bridgehead atoms. The highest BCUT2D eigenvalue weighted by Gasteiger charge is 2.42. The Bertz CT molecular complexity index is 1740. The van der Waals surface area contributed by atoms with E-state index in [4.69, 9.17) is 19.8 Å². The summed E-state index contributed by atoms with van der Waals surface area (Å²) < 4.78 is 7.82. The molecule has 4 aromatic carbocycles. The minimum absolute atomic E-state index is 0.245. The van der Waals surface area contributed by atoms with Gasteiger partial charge in [-0.25, -0.2) is 14.7 Å². The number of fused-ring (bicyclic) bond motifs is 4. The van der Waals surface area contributed by atoms with Crippen LogP contribution in [0.4, 0.5) is 22.9 Å². The Kier molecular flexibility index (Phi) is 5.48. The van der Waals surface area contributed by atoms with Crippen molar-refractivity contribution in [2.24, 2.45) is 9.98 Å². The lowest BCUT2D eigenvalue weighted by molar-refractivity contribution is 0.407. The third kappa shape index (κ3) is 3.78. The van der Waals surface area contributed by atoms with E-state index in [1.54, 1.807) is 7.11 Å². The Morgan fingerprint density at radius 1 is 0.769 bits per heavy atom. The maximum Gasteiger partial charge on any atom is 0.179 e. The van der Waals surface area contributed by atoms with Crippen LogP contribution in [0.5, 0.6) is 5.75 Å². The highest BCUT2D eigenvalue weighted by molar-refractivity contribution is 6.51. The summed E-state index contributed by atoms with van der Waals surface area (Å²) in [6, 6.07) is 36.3. The zero-order valence-corrected chi connectivity index (χ0v) is 21.6. The minimum atomic E-state index is -0.245. The smallest absolute Gasteiger partial charge is 0.179 e. The zero-order chi connectivity index (χ0) is 26.3. The number of aromatic nitrogens is 2. The van der Waals surface area contributed by atoms with E-state index in [1.165, 1.54) is 0 Å². The van der Waals surface area contributed by atoms with Crippen molar-refractivity contribution in [3.8, 4) is 11.4 Å². The molecule has 1 aromatic heterocycles. The van der Waals surface area contributed by atoms with Gasteiger partial charge in [-0.05, 0) is 49.4 Å². The van der Waals surface area contributed by atoms with Gasteiger partial charge in [-0.15, -0.1) is 0 Å². The summed E-state index contributed by atoms with van der Waals surface area (Å²) in [6.07, 6.45) is 0. The number of hydrogen-bond acceptors (Lipinski definition) is 6. The van der Waals surface area contributed by atoms with Gasteiger partial charge in [0.05, 0.1) is 35.9 Å². The Balaban J connectivity index is 1.53. The lowest BCUT2D eigenvalue weighted by atomic mass is 9.92. The summed E-state index contributed by atoms with van der Waals surface area (Å²) >= 11 is 0. The number of hydrogen-bond donors (Lipinski definition) is 1. The second-order valence-corrected chi connectivity index (χ2v) is 9.46. The highest BCUT2D eigenvalue weighted by atomic mass is 16.5. The van der Waals surface area contributed by atoms with Gasteiger partial charge in [-0.1, -0.05) is 66.7 Å². The third-order valence-electron chi connectivity index (χ3n) is 7.11. The molecule has 0 spiro atoms. The maximum absolute atomic E-state index is 5.90. The number of benzene rings is 4. The van der Waals surface area contributed by atoms with Crippen molar-refractivity contribution in [2.45, 2.75) is 13.0 Å². The molecule has 7 rings (SSSR count). The van der Waals surface area contributed by atoms with Crippen LogP contribution in [0.3, 0.4) is 0 Å². The fraction of sp³-hybridized carbons (Fsp3) is 0.0938.